The van der Waals surface area contributed by atoms with Crippen LogP contribution in [0.1, 0.15) is 0 Å². The van der Waals surface area contributed by atoms with Gasteiger partial charge in [0.05, 0.1) is 27.6 Å². The summed E-state index contributed by atoms with van der Waals surface area (Å²) in [5, 5.41) is 7.90. The van der Waals surface area contributed by atoms with E-state index < -0.39 is 0 Å². The topological polar surface area (TPSA) is 9.34 Å². The first-order valence-corrected chi connectivity index (χ1v) is 13.1. The van der Waals surface area contributed by atoms with Gasteiger partial charge in [0.25, 0.3) is 0 Å². The van der Waals surface area contributed by atoms with Crippen LogP contribution < -0.4 is 0 Å². The SMILES string of the molecule is c1ccc(-c2cccc(-n3c4ccccc4c4c5c6cccc7c8ccccc8n(c5ccc43)c76)c2)cc1. The minimum absolute atomic E-state index is 1.18. The van der Waals surface area contributed by atoms with Crippen LogP contribution in [0.15, 0.2) is 133 Å². The number of para-hydroxylation sites is 3. The Bertz CT molecular complexity index is 2330. The van der Waals surface area contributed by atoms with Gasteiger partial charge in [-0.1, -0.05) is 97.1 Å². The van der Waals surface area contributed by atoms with E-state index in [2.05, 4.69) is 142 Å². The minimum atomic E-state index is 1.18. The number of benzene rings is 6. The van der Waals surface area contributed by atoms with E-state index in [1.54, 1.807) is 0 Å². The van der Waals surface area contributed by atoms with E-state index >= 15 is 0 Å². The first-order valence-electron chi connectivity index (χ1n) is 13.1. The number of rotatable bonds is 2. The lowest BCUT2D eigenvalue weighted by Crippen LogP contribution is -1.94. The Morgan fingerprint density at radius 2 is 1.00 bits per heavy atom. The maximum Gasteiger partial charge on any atom is 0.0620 e. The van der Waals surface area contributed by atoms with Crippen LogP contribution in [0.25, 0.3) is 76.7 Å². The largest absolute Gasteiger partial charge is 0.309 e. The van der Waals surface area contributed by atoms with Crippen LogP contribution in [-0.4, -0.2) is 8.97 Å². The van der Waals surface area contributed by atoms with Gasteiger partial charge in [-0.15, -0.1) is 0 Å². The quantitative estimate of drug-likeness (QED) is 0.232. The van der Waals surface area contributed by atoms with Gasteiger partial charge in [-0.3, -0.25) is 0 Å². The van der Waals surface area contributed by atoms with Crippen molar-refractivity contribution in [3.8, 4) is 16.8 Å². The lowest BCUT2D eigenvalue weighted by Gasteiger charge is -2.10. The van der Waals surface area contributed by atoms with Gasteiger partial charge in [-0.25, -0.2) is 0 Å². The van der Waals surface area contributed by atoms with Crippen molar-refractivity contribution in [1.82, 2.24) is 8.97 Å². The van der Waals surface area contributed by atoms with Gasteiger partial charge in [0, 0.05) is 38.0 Å². The lowest BCUT2D eigenvalue weighted by molar-refractivity contribution is 1.18. The van der Waals surface area contributed by atoms with E-state index in [9.17, 15) is 0 Å². The Labute approximate surface area is 218 Å². The summed E-state index contributed by atoms with van der Waals surface area (Å²) in [7, 11) is 0. The van der Waals surface area contributed by atoms with Crippen molar-refractivity contribution in [2.24, 2.45) is 0 Å². The minimum Gasteiger partial charge on any atom is -0.309 e. The summed E-state index contributed by atoms with van der Waals surface area (Å²) in [5.74, 6) is 0. The van der Waals surface area contributed by atoms with Crippen LogP contribution in [-0.2, 0) is 0 Å². The van der Waals surface area contributed by atoms with Crippen LogP contribution in [0.4, 0.5) is 0 Å². The predicted octanol–water partition coefficient (Wildman–Crippen LogP) is 9.60. The van der Waals surface area contributed by atoms with Gasteiger partial charge in [0.2, 0.25) is 0 Å². The van der Waals surface area contributed by atoms with Crippen molar-refractivity contribution in [2.45, 2.75) is 0 Å². The maximum atomic E-state index is 2.47. The fraction of sp³-hybridized carbons (Fsp3) is 0. The molecule has 0 bridgehead atoms. The Morgan fingerprint density at radius 1 is 0.368 bits per heavy atom. The highest BCUT2D eigenvalue weighted by Gasteiger charge is 2.22. The first kappa shape index (κ1) is 20.0. The van der Waals surface area contributed by atoms with E-state index in [1.165, 1.54) is 76.7 Å². The summed E-state index contributed by atoms with van der Waals surface area (Å²) in [4.78, 5) is 0. The molecule has 0 aliphatic carbocycles. The number of nitrogens with zero attached hydrogens (tertiary/aromatic N) is 2. The molecule has 9 rings (SSSR count). The Hall–Kier alpha value is -5.08. The predicted molar refractivity (Wildman–Crippen MR) is 161 cm³/mol. The molecule has 0 spiro atoms. The molecule has 176 valence electrons. The van der Waals surface area contributed by atoms with Crippen molar-refractivity contribution in [3.05, 3.63) is 133 Å². The Kier molecular flexibility index (Phi) is 3.82. The molecule has 3 aromatic heterocycles. The zero-order valence-corrected chi connectivity index (χ0v) is 20.6. The summed E-state index contributed by atoms with van der Waals surface area (Å²) in [6, 6.07) is 48.6. The second kappa shape index (κ2) is 7.24. The fourth-order valence-electron chi connectivity index (χ4n) is 6.71. The summed E-state index contributed by atoms with van der Waals surface area (Å²) in [5.41, 5.74) is 9.96. The molecule has 0 N–H and O–H groups in total. The van der Waals surface area contributed by atoms with E-state index in [0.29, 0.717) is 0 Å². The number of fused-ring (bicyclic) bond motifs is 10. The van der Waals surface area contributed by atoms with Crippen LogP contribution in [0.5, 0.6) is 0 Å². The molecule has 3 heterocycles. The van der Waals surface area contributed by atoms with Crippen LogP contribution in [0, 0.1) is 0 Å². The van der Waals surface area contributed by atoms with Gasteiger partial charge >= 0.3 is 0 Å². The van der Waals surface area contributed by atoms with Crippen molar-refractivity contribution < 1.29 is 0 Å². The van der Waals surface area contributed by atoms with E-state index in [4.69, 9.17) is 0 Å². The van der Waals surface area contributed by atoms with Gasteiger partial charge < -0.3 is 8.97 Å². The second-order valence-corrected chi connectivity index (χ2v) is 10.2. The average Bonchev–Trinajstić information content (AvgIpc) is 3.62. The molecule has 0 fully saturated rings. The molecule has 0 aliphatic heterocycles. The van der Waals surface area contributed by atoms with E-state index in [-0.39, 0.29) is 0 Å². The van der Waals surface area contributed by atoms with Gasteiger partial charge in [0.1, 0.15) is 0 Å². The molecule has 6 aromatic carbocycles. The molecule has 9 aromatic rings. The third kappa shape index (κ3) is 2.47. The molecule has 0 radical (unpaired) electrons. The third-order valence-electron chi connectivity index (χ3n) is 8.23. The average molecular weight is 483 g/mol. The number of hydrogen-bond donors (Lipinski definition) is 0. The van der Waals surface area contributed by atoms with Crippen molar-refractivity contribution in [1.29, 1.82) is 0 Å². The molecule has 38 heavy (non-hydrogen) atoms. The zero-order valence-electron chi connectivity index (χ0n) is 20.6. The number of hydrogen-bond acceptors (Lipinski definition) is 0. The maximum absolute atomic E-state index is 2.47. The highest BCUT2D eigenvalue weighted by atomic mass is 15.0. The van der Waals surface area contributed by atoms with Crippen LogP contribution >= 0.6 is 0 Å². The van der Waals surface area contributed by atoms with Crippen LogP contribution in [0.2, 0.25) is 0 Å². The molecule has 2 heteroatoms. The van der Waals surface area contributed by atoms with E-state index in [1.807, 2.05) is 0 Å². The van der Waals surface area contributed by atoms with Gasteiger partial charge in [-0.05, 0) is 47.5 Å². The van der Waals surface area contributed by atoms with Gasteiger partial charge in [0.15, 0.2) is 0 Å². The molecular formula is C36H22N2. The van der Waals surface area contributed by atoms with Crippen molar-refractivity contribution >= 4 is 59.9 Å². The molecule has 0 unspecified atom stereocenters. The highest BCUT2D eigenvalue weighted by Crippen LogP contribution is 2.44. The Balaban J connectivity index is 1.45. The smallest absolute Gasteiger partial charge is 0.0620 e. The summed E-state index contributed by atoms with van der Waals surface area (Å²) in [6.07, 6.45) is 0. The number of aromatic nitrogens is 2. The van der Waals surface area contributed by atoms with Crippen LogP contribution in [0.3, 0.4) is 0 Å². The molecule has 0 saturated carbocycles. The second-order valence-electron chi connectivity index (χ2n) is 10.2. The summed E-state index contributed by atoms with van der Waals surface area (Å²) < 4.78 is 4.90. The lowest BCUT2D eigenvalue weighted by atomic mass is 10.0. The third-order valence-corrected chi connectivity index (χ3v) is 8.23. The van der Waals surface area contributed by atoms with Crippen molar-refractivity contribution in [3.63, 3.8) is 0 Å². The summed E-state index contributed by atoms with van der Waals surface area (Å²) in [6.45, 7) is 0. The fourth-order valence-corrected chi connectivity index (χ4v) is 6.71. The molecule has 0 atom stereocenters. The molecule has 0 aliphatic rings. The monoisotopic (exact) mass is 482 g/mol. The molecular weight excluding hydrogens is 460 g/mol. The van der Waals surface area contributed by atoms with E-state index in [0.717, 1.165) is 0 Å². The Morgan fingerprint density at radius 3 is 1.89 bits per heavy atom. The van der Waals surface area contributed by atoms with Gasteiger partial charge in [-0.2, -0.15) is 0 Å². The highest BCUT2D eigenvalue weighted by molar-refractivity contribution is 6.32. The molecule has 0 amide bonds. The summed E-state index contributed by atoms with van der Waals surface area (Å²) >= 11 is 0. The van der Waals surface area contributed by atoms with Crippen molar-refractivity contribution in [2.75, 3.05) is 0 Å². The molecule has 2 nitrogen and oxygen atoms in total. The normalized spacial score (nSPS) is 12.2. The standard InChI is InChI=1S/C36H22N2/c1-2-10-23(11-3-1)24-12-8-13-25(22-24)37-31-19-7-5-15-28(31)34-32(37)20-21-33-35(34)29-17-9-16-27-26-14-4-6-18-30(26)38(33)36(27)29/h1-22H. The zero-order chi connectivity index (χ0) is 24.8. The molecule has 0 saturated heterocycles. The first-order chi connectivity index (χ1) is 18.9.